The topological polar surface area (TPSA) is 81.0 Å². The van der Waals surface area contributed by atoms with Crippen LogP contribution in [0.1, 0.15) is 5.56 Å². The fourth-order valence-corrected chi connectivity index (χ4v) is 1.72. The molecule has 0 amide bonds. The first-order valence-electron chi connectivity index (χ1n) is 5.22. The number of benzene rings is 1. The Morgan fingerprint density at radius 3 is 2.53 bits per heavy atom. The Kier molecular flexibility index (Phi) is 4.13. The van der Waals surface area contributed by atoms with Crippen molar-refractivity contribution >= 4 is 34.6 Å². The van der Waals surface area contributed by atoms with Gasteiger partial charge in [-0.05, 0) is 5.56 Å². The normalized spacial score (nSPS) is 10.2. The zero-order valence-corrected chi connectivity index (χ0v) is 11.0. The molecule has 2 aromatic rings. The molecule has 0 fully saturated rings. The van der Waals surface area contributed by atoms with E-state index in [1.54, 1.807) is 18.2 Å². The summed E-state index contributed by atoms with van der Waals surface area (Å²) in [6, 6.07) is 7.76. The van der Waals surface area contributed by atoms with E-state index in [0.29, 0.717) is 12.2 Å². The van der Waals surface area contributed by atoms with Crippen LogP contribution in [0.15, 0.2) is 30.3 Å². The zero-order valence-electron chi connectivity index (χ0n) is 9.51. The second kappa shape index (κ2) is 5.81. The van der Waals surface area contributed by atoms with Crippen LogP contribution < -0.4 is 5.32 Å². The Morgan fingerprint density at radius 2 is 1.89 bits per heavy atom. The van der Waals surface area contributed by atoms with Crippen molar-refractivity contribution in [3.8, 4) is 0 Å². The van der Waals surface area contributed by atoms with Crippen LogP contribution in [0.5, 0.6) is 0 Å². The average molecular weight is 299 g/mol. The minimum atomic E-state index is -0.444. The maximum absolute atomic E-state index is 10.5. The monoisotopic (exact) mass is 298 g/mol. The number of rotatable bonds is 4. The van der Waals surface area contributed by atoms with Crippen molar-refractivity contribution in [3.63, 3.8) is 0 Å². The molecule has 2 rings (SSSR count). The van der Waals surface area contributed by atoms with Gasteiger partial charge in [0.05, 0.1) is 10.6 Å². The lowest BCUT2D eigenvalue weighted by Gasteiger charge is -2.07. The van der Waals surface area contributed by atoms with E-state index in [-0.39, 0.29) is 16.0 Å². The van der Waals surface area contributed by atoms with E-state index in [1.807, 2.05) is 0 Å². The molecule has 1 N–H and O–H groups in total. The van der Waals surface area contributed by atoms with Crippen LogP contribution in [0.4, 0.5) is 11.4 Å². The van der Waals surface area contributed by atoms with Gasteiger partial charge in [-0.3, -0.25) is 10.1 Å². The van der Waals surface area contributed by atoms with Gasteiger partial charge in [0.1, 0.15) is 0 Å². The lowest BCUT2D eigenvalue weighted by atomic mass is 10.2. The van der Waals surface area contributed by atoms with E-state index in [1.165, 1.54) is 12.1 Å². The quantitative estimate of drug-likeness (QED) is 0.692. The fraction of sp³-hybridized carbons (Fsp3) is 0.0909. The van der Waals surface area contributed by atoms with Crippen molar-refractivity contribution in [2.75, 3.05) is 5.32 Å². The molecule has 0 spiro atoms. The van der Waals surface area contributed by atoms with Crippen LogP contribution in [0.25, 0.3) is 0 Å². The first-order valence-corrected chi connectivity index (χ1v) is 5.98. The molecule has 0 unspecified atom stereocenters. The predicted octanol–water partition coefficient (Wildman–Crippen LogP) is 3.30. The molecular formula is C11H8Cl2N4O2. The Hall–Kier alpha value is -1.92. The molecule has 0 aliphatic heterocycles. The summed E-state index contributed by atoms with van der Waals surface area (Å²) in [6.07, 6.45) is 0. The number of hydrogen-bond donors (Lipinski definition) is 1. The summed E-state index contributed by atoms with van der Waals surface area (Å²) < 4.78 is 0. The van der Waals surface area contributed by atoms with Crippen molar-refractivity contribution in [2.45, 2.75) is 6.54 Å². The van der Waals surface area contributed by atoms with Crippen molar-refractivity contribution in [1.82, 2.24) is 10.2 Å². The van der Waals surface area contributed by atoms with E-state index in [0.717, 1.165) is 5.56 Å². The summed E-state index contributed by atoms with van der Waals surface area (Å²) in [4.78, 5) is 10.1. The summed E-state index contributed by atoms with van der Waals surface area (Å²) in [6.45, 7) is 0.444. The zero-order chi connectivity index (χ0) is 13.8. The summed E-state index contributed by atoms with van der Waals surface area (Å²) in [5.74, 6) is 0. The predicted molar refractivity (Wildman–Crippen MR) is 72.5 cm³/mol. The van der Waals surface area contributed by atoms with Crippen molar-refractivity contribution < 1.29 is 4.92 Å². The number of nitrogens with one attached hydrogen (secondary N) is 1. The molecule has 6 nitrogen and oxygen atoms in total. The lowest BCUT2D eigenvalue weighted by Crippen LogP contribution is -2.01. The van der Waals surface area contributed by atoms with Crippen LogP contribution >= 0.6 is 23.2 Å². The average Bonchev–Trinajstić information content (AvgIpc) is 2.40. The van der Waals surface area contributed by atoms with Crippen LogP contribution in [-0.2, 0) is 6.54 Å². The first-order chi connectivity index (χ1) is 9.06. The summed E-state index contributed by atoms with van der Waals surface area (Å²) in [5.41, 5.74) is 1.48. The SMILES string of the molecule is O=[N+]([O-])c1ccc(CNc2cc(Cl)nnc2Cl)cc1. The number of nitro groups is 1. The molecule has 8 heteroatoms. The van der Waals surface area contributed by atoms with Gasteiger partial charge in [-0.2, -0.15) is 0 Å². The molecule has 0 aliphatic carbocycles. The summed E-state index contributed by atoms with van der Waals surface area (Å²) >= 11 is 11.6. The van der Waals surface area contributed by atoms with Crippen LogP contribution in [0.3, 0.4) is 0 Å². The molecule has 1 heterocycles. The van der Waals surface area contributed by atoms with E-state index in [9.17, 15) is 10.1 Å². The fourth-order valence-electron chi connectivity index (χ4n) is 1.41. The number of anilines is 1. The minimum Gasteiger partial charge on any atom is -0.378 e. The third-order valence-electron chi connectivity index (χ3n) is 2.35. The van der Waals surface area contributed by atoms with Gasteiger partial charge in [-0.15, -0.1) is 10.2 Å². The number of non-ortho nitro benzene ring substituents is 1. The van der Waals surface area contributed by atoms with Gasteiger partial charge in [0.25, 0.3) is 5.69 Å². The third kappa shape index (κ3) is 3.52. The van der Waals surface area contributed by atoms with Gasteiger partial charge in [-0.1, -0.05) is 35.3 Å². The van der Waals surface area contributed by atoms with E-state index in [4.69, 9.17) is 23.2 Å². The highest BCUT2D eigenvalue weighted by Crippen LogP contribution is 2.21. The second-order valence-corrected chi connectivity index (χ2v) is 4.39. The molecule has 1 aromatic heterocycles. The van der Waals surface area contributed by atoms with Gasteiger partial charge in [0, 0.05) is 24.7 Å². The summed E-state index contributed by atoms with van der Waals surface area (Å²) in [5, 5.41) is 21.2. The van der Waals surface area contributed by atoms with Gasteiger partial charge >= 0.3 is 0 Å². The Bertz CT molecular complexity index is 604. The van der Waals surface area contributed by atoms with Crippen LogP contribution in [0, 0.1) is 10.1 Å². The maximum Gasteiger partial charge on any atom is 0.269 e. The Labute approximate surface area is 118 Å². The molecule has 1 aromatic carbocycles. The van der Waals surface area contributed by atoms with E-state index >= 15 is 0 Å². The Morgan fingerprint density at radius 1 is 1.21 bits per heavy atom. The van der Waals surface area contributed by atoms with Crippen LogP contribution in [0.2, 0.25) is 10.3 Å². The van der Waals surface area contributed by atoms with Gasteiger partial charge < -0.3 is 5.32 Å². The number of aromatic nitrogens is 2. The molecule has 0 aliphatic rings. The van der Waals surface area contributed by atoms with E-state index < -0.39 is 4.92 Å². The standard InChI is InChI=1S/C11H8Cl2N4O2/c12-10-5-9(11(13)16-15-10)14-6-7-1-3-8(4-2-7)17(18)19/h1-5H,6H2,(H,14,15). The van der Waals surface area contributed by atoms with Gasteiger partial charge in [-0.25, -0.2) is 0 Å². The Balaban J connectivity index is 2.06. The number of hydrogen-bond acceptors (Lipinski definition) is 5. The van der Waals surface area contributed by atoms with Gasteiger partial charge in [0.2, 0.25) is 0 Å². The number of nitro benzene ring substituents is 1. The number of nitrogens with zero attached hydrogens (tertiary/aromatic N) is 3. The molecule has 0 saturated carbocycles. The van der Waals surface area contributed by atoms with Gasteiger partial charge in [0.15, 0.2) is 10.3 Å². The molecular weight excluding hydrogens is 291 g/mol. The van der Waals surface area contributed by atoms with E-state index in [2.05, 4.69) is 15.5 Å². The largest absolute Gasteiger partial charge is 0.378 e. The third-order valence-corrected chi connectivity index (χ3v) is 2.81. The summed E-state index contributed by atoms with van der Waals surface area (Å²) in [7, 11) is 0. The lowest BCUT2D eigenvalue weighted by molar-refractivity contribution is -0.384. The molecule has 0 saturated heterocycles. The minimum absolute atomic E-state index is 0.0513. The molecule has 19 heavy (non-hydrogen) atoms. The highest BCUT2D eigenvalue weighted by Gasteiger charge is 2.06. The molecule has 0 radical (unpaired) electrons. The molecule has 0 atom stereocenters. The van der Waals surface area contributed by atoms with Crippen molar-refractivity contribution in [3.05, 3.63) is 56.3 Å². The highest BCUT2D eigenvalue weighted by molar-refractivity contribution is 6.33. The maximum atomic E-state index is 10.5. The highest BCUT2D eigenvalue weighted by atomic mass is 35.5. The smallest absolute Gasteiger partial charge is 0.269 e. The second-order valence-electron chi connectivity index (χ2n) is 3.65. The van der Waals surface area contributed by atoms with Crippen LogP contribution in [-0.4, -0.2) is 15.1 Å². The number of halogens is 2. The van der Waals surface area contributed by atoms with Crippen molar-refractivity contribution in [2.24, 2.45) is 0 Å². The molecule has 98 valence electrons. The molecule has 0 bridgehead atoms. The van der Waals surface area contributed by atoms with Crippen molar-refractivity contribution in [1.29, 1.82) is 0 Å². The first kappa shape index (κ1) is 13.5.